The molecule has 0 saturated carbocycles. The molecular weight excluding hydrogens is 336 g/mol. The second-order valence-corrected chi connectivity index (χ2v) is 6.47. The normalized spacial score (nSPS) is 22.9. The van der Waals surface area contributed by atoms with E-state index in [0.717, 1.165) is 10.0 Å². The number of halogens is 1. The van der Waals surface area contributed by atoms with Gasteiger partial charge >= 0.3 is 12.0 Å². The molecule has 3 atom stereocenters. The molecule has 0 spiro atoms. The quantitative estimate of drug-likeness (QED) is 0.876. The topological polar surface area (TPSA) is 69.6 Å². The fraction of sp³-hybridized carbons (Fsp3) is 0.467. The third-order valence-corrected chi connectivity index (χ3v) is 4.40. The Bertz CT molecular complexity index is 549. The van der Waals surface area contributed by atoms with Crippen LogP contribution in [-0.4, -0.2) is 35.1 Å². The Morgan fingerprint density at radius 1 is 1.43 bits per heavy atom. The van der Waals surface area contributed by atoms with Crippen LogP contribution in [0.15, 0.2) is 28.7 Å². The van der Waals surface area contributed by atoms with Crippen molar-refractivity contribution in [2.45, 2.75) is 19.9 Å². The Balaban J connectivity index is 1.97. The molecule has 1 aromatic rings. The molecule has 0 bridgehead atoms. The fourth-order valence-corrected chi connectivity index (χ4v) is 3.01. The third kappa shape index (κ3) is 3.75. The molecule has 1 fully saturated rings. The van der Waals surface area contributed by atoms with Crippen LogP contribution in [0.4, 0.5) is 4.79 Å². The van der Waals surface area contributed by atoms with Crippen molar-refractivity contribution in [1.82, 2.24) is 10.2 Å². The molecule has 0 aliphatic carbocycles. The van der Waals surface area contributed by atoms with Crippen molar-refractivity contribution >= 4 is 27.9 Å². The number of carboxylic acid groups (broad SMARTS) is 1. The van der Waals surface area contributed by atoms with Gasteiger partial charge in [-0.2, -0.15) is 0 Å². The Morgan fingerprint density at radius 2 is 2.14 bits per heavy atom. The van der Waals surface area contributed by atoms with Gasteiger partial charge in [0.1, 0.15) is 0 Å². The Kier molecular flexibility index (Phi) is 4.88. The van der Waals surface area contributed by atoms with Crippen molar-refractivity contribution in [3.05, 3.63) is 34.3 Å². The molecule has 2 rings (SSSR count). The summed E-state index contributed by atoms with van der Waals surface area (Å²) in [5, 5.41) is 12.0. The number of aliphatic carboxylic acids is 1. The highest BCUT2D eigenvalue weighted by atomic mass is 79.9. The van der Waals surface area contributed by atoms with Gasteiger partial charge in [-0.15, -0.1) is 0 Å². The van der Waals surface area contributed by atoms with E-state index in [0.29, 0.717) is 6.54 Å². The molecular formula is C15H19BrN2O3. The van der Waals surface area contributed by atoms with E-state index in [1.165, 1.54) is 0 Å². The van der Waals surface area contributed by atoms with Crippen LogP contribution in [0.25, 0.3) is 0 Å². The summed E-state index contributed by atoms with van der Waals surface area (Å²) in [6.07, 6.45) is 0. The van der Waals surface area contributed by atoms with Crippen molar-refractivity contribution in [3.8, 4) is 0 Å². The standard InChI is InChI=1S/C15H19BrN2O3/c1-9-7-18(8-13(9)14(19)20)15(21)17-10(2)11-4-3-5-12(16)6-11/h3-6,9-10,13H,7-8H2,1-2H3,(H,17,21)(H,19,20). The first-order valence-corrected chi connectivity index (χ1v) is 7.71. The summed E-state index contributed by atoms with van der Waals surface area (Å²) < 4.78 is 0.960. The molecule has 0 aromatic heterocycles. The van der Waals surface area contributed by atoms with Gasteiger partial charge in [0.25, 0.3) is 0 Å². The summed E-state index contributed by atoms with van der Waals surface area (Å²) in [7, 11) is 0. The number of amides is 2. The minimum Gasteiger partial charge on any atom is -0.481 e. The zero-order valence-corrected chi connectivity index (χ0v) is 13.6. The van der Waals surface area contributed by atoms with Crippen LogP contribution in [0, 0.1) is 11.8 Å². The molecule has 2 N–H and O–H groups in total. The fourth-order valence-electron chi connectivity index (χ4n) is 2.59. The molecule has 5 nitrogen and oxygen atoms in total. The SMILES string of the molecule is CC(NC(=O)N1CC(C)C(C(=O)O)C1)c1cccc(Br)c1. The number of benzene rings is 1. The number of urea groups is 1. The smallest absolute Gasteiger partial charge is 0.317 e. The molecule has 2 amide bonds. The van der Waals surface area contributed by atoms with Crippen molar-refractivity contribution in [2.24, 2.45) is 11.8 Å². The lowest BCUT2D eigenvalue weighted by molar-refractivity contribution is -0.142. The Morgan fingerprint density at radius 3 is 2.71 bits per heavy atom. The van der Waals surface area contributed by atoms with Gasteiger partial charge in [-0.3, -0.25) is 4.79 Å². The summed E-state index contributed by atoms with van der Waals surface area (Å²) in [6, 6.07) is 7.41. The van der Waals surface area contributed by atoms with Crippen molar-refractivity contribution in [3.63, 3.8) is 0 Å². The Labute approximate surface area is 132 Å². The number of nitrogens with one attached hydrogen (secondary N) is 1. The maximum Gasteiger partial charge on any atom is 0.317 e. The van der Waals surface area contributed by atoms with Gasteiger partial charge in [0.15, 0.2) is 0 Å². The van der Waals surface area contributed by atoms with E-state index in [2.05, 4.69) is 21.2 Å². The predicted octanol–water partition coefficient (Wildman–Crippen LogP) is 2.87. The second-order valence-electron chi connectivity index (χ2n) is 5.55. The molecule has 1 aromatic carbocycles. The summed E-state index contributed by atoms with van der Waals surface area (Å²) in [5.74, 6) is -1.33. The van der Waals surface area contributed by atoms with E-state index in [4.69, 9.17) is 5.11 Å². The highest BCUT2D eigenvalue weighted by Gasteiger charge is 2.37. The maximum absolute atomic E-state index is 12.2. The van der Waals surface area contributed by atoms with E-state index in [1.807, 2.05) is 38.1 Å². The van der Waals surface area contributed by atoms with Gasteiger partial charge in [-0.05, 0) is 30.5 Å². The van der Waals surface area contributed by atoms with Gasteiger partial charge < -0.3 is 15.3 Å². The number of hydrogen-bond donors (Lipinski definition) is 2. The number of carbonyl (C=O) groups excluding carboxylic acids is 1. The van der Waals surface area contributed by atoms with Gasteiger partial charge in [0.2, 0.25) is 0 Å². The van der Waals surface area contributed by atoms with Crippen molar-refractivity contribution in [1.29, 1.82) is 0 Å². The van der Waals surface area contributed by atoms with Crippen LogP contribution >= 0.6 is 15.9 Å². The van der Waals surface area contributed by atoms with E-state index >= 15 is 0 Å². The largest absolute Gasteiger partial charge is 0.481 e. The maximum atomic E-state index is 12.2. The van der Waals surface area contributed by atoms with Crippen LogP contribution in [0.5, 0.6) is 0 Å². The van der Waals surface area contributed by atoms with E-state index in [9.17, 15) is 9.59 Å². The van der Waals surface area contributed by atoms with Crippen LogP contribution in [0.1, 0.15) is 25.5 Å². The highest BCUT2D eigenvalue weighted by Crippen LogP contribution is 2.24. The first-order chi connectivity index (χ1) is 9.88. The van der Waals surface area contributed by atoms with E-state index in [-0.39, 0.29) is 24.5 Å². The lowest BCUT2D eigenvalue weighted by atomic mass is 9.99. The third-order valence-electron chi connectivity index (χ3n) is 3.91. The first kappa shape index (κ1) is 15.8. The number of rotatable bonds is 3. The van der Waals surface area contributed by atoms with Gasteiger partial charge in [0.05, 0.1) is 12.0 Å². The molecule has 1 saturated heterocycles. The zero-order valence-electron chi connectivity index (χ0n) is 12.0. The van der Waals surface area contributed by atoms with Gasteiger partial charge in [-0.1, -0.05) is 35.0 Å². The predicted molar refractivity (Wildman–Crippen MR) is 83.0 cm³/mol. The number of nitrogens with zero attached hydrogens (tertiary/aromatic N) is 1. The zero-order chi connectivity index (χ0) is 15.6. The second kappa shape index (κ2) is 6.47. The summed E-state index contributed by atoms with van der Waals surface area (Å²) in [5.41, 5.74) is 1.000. The summed E-state index contributed by atoms with van der Waals surface area (Å²) >= 11 is 3.41. The monoisotopic (exact) mass is 354 g/mol. The number of carbonyl (C=O) groups is 2. The van der Waals surface area contributed by atoms with Crippen LogP contribution < -0.4 is 5.32 Å². The van der Waals surface area contributed by atoms with Crippen molar-refractivity contribution in [2.75, 3.05) is 13.1 Å². The number of likely N-dealkylation sites (tertiary alicyclic amines) is 1. The number of carboxylic acids is 1. The minimum atomic E-state index is -0.835. The Hall–Kier alpha value is -1.56. The summed E-state index contributed by atoms with van der Waals surface area (Å²) in [6.45, 7) is 4.53. The average molecular weight is 355 g/mol. The van der Waals surface area contributed by atoms with Crippen LogP contribution in [0.3, 0.4) is 0 Å². The lowest BCUT2D eigenvalue weighted by Gasteiger charge is -2.21. The molecule has 6 heteroatoms. The number of hydrogen-bond acceptors (Lipinski definition) is 2. The molecule has 1 aliphatic rings. The average Bonchev–Trinajstić information content (AvgIpc) is 2.81. The lowest BCUT2D eigenvalue weighted by Crippen LogP contribution is -2.40. The minimum absolute atomic E-state index is 0.0191. The molecule has 1 heterocycles. The van der Waals surface area contributed by atoms with Gasteiger partial charge in [0, 0.05) is 17.6 Å². The molecule has 0 radical (unpaired) electrons. The highest BCUT2D eigenvalue weighted by molar-refractivity contribution is 9.10. The van der Waals surface area contributed by atoms with Crippen LogP contribution in [0.2, 0.25) is 0 Å². The van der Waals surface area contributed by atoms with Crippen LogP contribution in [-0.2, 0) is 4.79 Å². The molecule has 3 unspecified atom stereocenters. The van der Waals surface area contributed by atoms with E-state index < -0.39 is 11.9 Å². The van der Waals surface area contributed by atoms with Gasteiger partial charge in [-0.25, -0.2) is 4.79 Å². The molecule has 1 aliphatic heterocycles. The summed E-state index contributed by atoms with van der Waals surface area (Å²) in [4.78, 5) is 24.9. The van der Waals surface area contributed by atoms with E-state index in [1.54, 1.807) is 4.90 Å². The van der Waals surface area contributed by atoms with Crippen molar-refractivity contribution < 1.29 is 14.7 Å². The first-order valence-electron chi connectivity index (χ1n) is 6.92. The molecule has 21 heavy (non-hydrogen) atoms. The molecule has 114 valence electrons.